The quantitative estimate of drug-likeness (QED) is 0.484. The molecule has 3 rings (SSSR count). The van der Waals surface area contributed by atoms with Gasteiger partial charge in [0.2, 0.25) is 5.89 Å². The highest BCUT2D eigenvalue weighted by atomic mass is 16.6. The zero-order chi connectivity index (χ0) is 19.6. The smallest absolute Gasteiger partial charge is 0.331 e. The number of carbonyl (C=O) groups is 1. The zero-order valence-corrected chi connectivity index (χ0v) is 15.7. The van der Waals surface area contributed by atoms with Crippen LogP contribution in [0.5, 0.6) is 0 Å². The second kappa shape index (κ2) is 7.08. The summed E-state index contributed by atoms with van der Waals surface area (Å²) >= 11 is 0. The van der Waals surface area contributed by atoms with Crippen LogP contribution in [0.1, 0.15) is 37.5 Å². The van der Waals surface area contributed by atoms with E-state index in [0.717, 1.165) is 16.7 Å². The maximum Gasteiger partial charge on any atom is 0.331 e. The van der Waals surface area contributed by atoms with Crippen molar-refractivity contribution in [3.05, 3.63) is 59.2 Å². The summed E-state index contributed by atoms with van der Waals surface area (Å²) in [6, 6.07) is 13.1. The third-order valence-electron chi connectivity index (χ3n) is 3.78. The summed E-state index contributed by atoms with van der Waals surface area (Å²) in [6.45, 7) is 7.38. The Labute approximate surface area is 157 Å². The largest absolute Gasteiger partial charge is 0.457 e. The van der Waals surface area contributed by atoms with Crippen molar-refractivity contribution < 1.29 is 13.9 Å². The van der Waals surface area contributed by atoms with Crippen LogP contribution in [0.25, 0.3) is 28.6 Å². The van der Waals surface area contributed by atoms with E-state index in [2.05, 4.69) is 11.1 Å². The average molecular weight is 360 g/mol. The molecule has 0 atom stereocenters. The maximum absolute atomic E-state index is 11.7. The van der Waals surface area contributed by atoms with Gasteiger partial charge in [-0.25, -0.2) is 9.78 Å². The number of hydrogen-bond acceptors (Lipinski definition) is 5. The van der Waals surface area contributed by atoms with Crippen molar-refractivity contribution in [1.82, 2.24) is 4.98 Å². The molecule has 0 spiro atoms. The number of nitrogens with zero attached hydrogens (tertiary/aromatic N) is 2. The fourth-order valence-electron chi connectivity index (χ4n) is 2.62. The van der Waals surface area contributed by atoms with Crippen LogP contribution < -0.4 is 0 Å². The van der Waals surface area contributed by atoms with E-state index in [-0.39, 0.29) is 5.97 Å². The van der Waals surface area contributed by atoms with E-state index in [1.54, 1.807) is 18.2 Å². The fraction of sp³-hybridized carbons (Fsp3) is 0.227. The Morgan fingerprint density at radius 2 is 1.93 bits per heavy atom. The molecule has 0 amide bonds. The molecule has 5 nitrogen and oxygen atoms in total. The number of rotatable bonds is 3. The molecule has 0 radical (unpaired) electrons. The minimum atomic E-state index is -0.512. The maximum atomic E-state index is 11.7. The lowest BCUT2D eigenvalue weighted by molar-refractivity contribution is -0.148. The van der Waals surface area contributed by atoms with Gasteiger partial charge in [0.25, 0.3) is 0 Å². The van der Waals surface area contributed by atoms with Crippen LogP contribution in [0.4, 0.5) is 0 Å². The van der Waals surface area contributed by atoms with Crippen molar-refractivity contribution in [1.29, 1.82) is 5.26 Å². The first-order valence-electron chi connectivity index (χ1n) is 8.58. The number of oxazole rings is 1. The minimum absolute atomic E-state index is 0.380. The van der Waals surface area contributed by atoms with E-state index in [9.17, 15) is 4.79 Å². The van der Waals surface area contributed by atoms with Crippen LogP contribution in [0.2, 0.25) is 0 Å². The molecule has 3 aromatic rings. The topological polar surface area (TPSA) is 76.1 Å². The van der Waals surface area contributed by atoms with Crippen LogP contribution in [-0.4, -0.2) is 16.6 Å². The van der Waals surface area contributed by atoms with Gasteiger partial charge in [0.05, 0.1) is 11.6 Å². The van der Waals surface area contributed by atoms with Crippen LogP contribution in [0, 0.1) is 18.3 Å². The standard InChI is InChI=1S/C22H20N2O3/c1-14-11-16(13-23)12-18-20(14)26-21(24-18)17-8-5-15(6-9-17)7-10-19(25)27-22(2,3)4/h5-12H,1-4H3/b10-7+. The Morgan fingerprint density at radius 1 is 1.22 bits per heavy atom. The molecular weight excluding hydrogens is 340 g/mol. The number of esters is 1. The molecule has 0 bridgehead atoms. The van der Waals surface area contributed by atoms with Crippen LogP contribution in [-0.2, 0) is 9.53 Å². The van der Waals surface area contributed by atoms with E-state index < -0.39 is 5.60 Å². The molecule has 0 aliphatic rings. The number of nitriles is 1. The third kappa shape index (κ3) is 4.42. The highest BCUT2D eigenvalue weighted by Crippen LogP contribution is 2.27. The van der Waals surface area contributed by atoms with Crippen LogP contribution >= 0.6 is 0 Å². The zero-order valence-electron chi connectivity index (χ0n) is 15.7. The number of benzene rings is 2. The normalized spacial score (nSPS) is 11.7. The van der Waals surface area contributed by atoms with Crippen LogP contribution in [0.3, 0.4) is 0 Å². The number of aromatic nitrogens is 1. The number of fused-ring (bicyclic) bond motifs is 1. The number of carbonyl (C=O) groups excluding carboxylic acids is 1. The van der Waals surface area contributed by atoms with Gasteiger partial charge in [-0.2, -0.15) is 5.26 Å². The first-order valence-corrected chi connectivity index (χ1v) is 8.58. The fourth-order valence-corrected chi connectivity index (χ4v) is 2.62. The SMILES string of the molecule is Cc1cc(C#N)cc2nc(-c3ccc(/C=C/C(=O)OC(C)(C)C)cc3)oc12. The Morgan fingerprint density at radius 3 is 2.56 bits per heavy atom. The Hall–Kier alpha value is -3.39. The summed E-state index contributed by atoms with van der Waals surface area (Å²) in [6.07, 6.45) is 3.11. The Kier molecular flexibility index (Phi) is 4.83. The molecule has 0 saturated carbocycles. The van der Waals surface area contributed by atoms with Crippen molar-refractivity contribution in [2.75, 3.05) is 0 Å². The Bertz CT molecular complexity index is 1060. The molecule has 0 unspecified atom stereocenters. The van der Waals surface area contributed by atoms with E-state index in [4.69, 9.17) is 14.4 Å². The van der Waals surface area contributed by atoms with Crippen molar-refractivity contribution in [3.63, 3.8) is 0 Å². The molecule has 2 aromatic carbocycles. The molecule has 27 heavy (non-hydrogen) atoms. The second-order valence-corrected chi connectivity index (χ2v) is 7.26. The van der Waals surface area contributed by atoms with Gasteiger partial charge in [-0.3, -0.25) is 0 Å². The van der Waals surface area contributed by atoms with Gasteiger partial charge in [-0.15, -0.1) is 0 Å². The van der Waals surface area contributed by atoms with Crippen molar-refractivity contribution in [2.24, 2.45) is 0 Å². The number of aryl methyl sites for hydroxylation is 1. The molecule has 1 aromatic heterocycles. The second-order valence-electron chi connectivity index (χ2n) is 7.26. The summed E-state index contributed by atoms with van der Waals surface area (Å²) < 4.78 is 11.1. The summed E-state index contributed by atoms with van der Waals surface area (Å²) in [4.78, 5) is 16.2. The number of ether oxygens (including phenoxy) is 1. The van der Waals surface area contributed by atoms with E-state index in [0.29, 0.717) is 22.6 Å². The predicted octanol–water partition coefficient (Wildman–Crippen LogP) is 5.03. The summed E-state index contributed by atoms with van der Waals surface area (Å²) in [5.74, 6) is 0.111. The molecule has 0 aliphatic carbocycles. The first-order chi connectivity index (χ1) is 12.7. The van der Waals surface area contributed by atoms with Gasteiger partial charge < -0.3 is 9.15 Å². The highest BCUT2D eigenvalue weighted by molar-refractivity contribution is 5.87. The lowest BCUT2D eigenvalue weighted by Gasteiger charge is -2.17. The monoisotopic (exact) mass is 360 g/mol. The Balaban J connectivity index is 1.81. The molecule has 0 aliphatic heterocycles. The number of hydrogen-bond donors (Lipinski definition) is 0. The first kappa shape index (κ1) is 18.4. The van der Waals surface area contributed by atoms with E-state index >= 15 is 0 Å². The molecule has 5 heteroatoms. The summed E-state index contributed by atoms with van der Waals surface area (Å²) in [5.41, 5.74) is 3.94. The van der Waals surface area contributed by atoms with Crippen molar-refractivity contribution >= 4 is 23.1 Å². The highest BCUT2D eigenvalue weighted by Gasteiger charge is 2.14. The van der Waals surface area contributed by atoms with E-state index in [1.807, 2.05) is 52.0 Å². The van der Waals surface area contributed by atoms with Gasteiger partial charge >= 0.3 is 5.97 Å². The van der Waals surface area contributed by atoms with Gasteiger partial charge in [0.1, 0.15) is 11.1 Å². The van der Waals surface area contributed by atoms with Crippen molar-refractivity contribution in [3.8, 4) is 17.5 Å². The van der Waals surface area contributed by atoms with Gasteiger partial charge in [-0.05, 0) is 69.2 Å². The average Bonchev–Trinajstić information content (AvgIpc) is 3.03. The lowest BCUT2D eigenvalue weighted by atomic mass is 10.1. The summed E-state index contributed by atoms with van der Waals surface area (Å²) in [7, 11) is 0. The van der Waals surface area contributed by atoms with Gasteiger partial charge in [0.15, 0.2) is 5.58 Å². The van der Waals surface area contributed by atoms with Crippen LogP contribution in [0.15, 0.2) is 46.9 Å². The molecule has 136 valence electrons. The van der Waals surface area contributed by atoms with Crippen molar-refractivity contribution in [2.45, 2.75) is 33.3 Å². The van der Waals surface area contributed by atoms with Gasteiger partial charge in [-0.1, -0.05) is 12.1 Å². The molecule has 0 saturated heterocycles. The molecule has 0 fully saturated rings. The van der Waals surface area contributed by atoms with Gasteiger partial charge in [0, 0.05) is 11.6 Å². The molecule has 1 heterocycles. The minimum Gasteiger partial charge on any atom is -0.457 e. The lowest BCUT2D eigenvalue weighted by Crippen LogP contribution is -2.22. The third-order valence-corrected chi connectivity index (χ3v) is 3.78. The van der Waals surface area contributed by atoms with E-state index in [1.165, 1.54) is 6.08 Å². The summed E-state index contributed by atoms with van der Waals surface area (Å²) in [5, 5.41) is 9.08. The molecule has 0 N–H and O–H groups in total. The predicted molar refractivity (Wildman–Crippen MR) is 104 cm³/mol. The molecular formula is C22H20N2O3.